The first-order valence-electron chi connectivity index (χ1n) is 8.19. The lowest BCUT2D eigenvalue weighted by Crippen LogP contribution is -2.47. The second-order valence-corrected chi connectivity index (χ2v) is 8.11. The highest BCUT2D eigenvalue weighted by atomic mass is 32.2. The van der Waals surface area contributed by atoms with Crippen LogP contribution in [0.1, 0.15) is 19.8 Å². The van der Waals surface area contributed by atoms with Crippen molar-refractivity contribution in [2.24, 2.45) is 0 Å². The molecule has 1 saturated heterocycles. The van der Waals surface area contributed by atoms with E-state index in [1.165, 1.54) is 6.33 Å². The molecular weight excluding hydrogens is 326 g/mol. The van der Waals surface area contributed by atoms with Crippen molar-refractivity contribution in [3.05, 3.63) is 43.0 Å². The largest absolute Gasteiger partial charge is 0.310 e. The Morgan fingerprint density at radius 3 is 2.58 bits per heavy atom. The van der Waals surface area contributed by atoms with Crippen LogP contribution in [0.25, 0.3) is 0 Å². The molecule has 2 aromatic rings. The van der Waals surface area contributed by atoms with Gasteiger partial charge in [0.15, 0.2) is 0 Å². The highest BCUT2D eigenvalue weighted by Crippen LogP contribution is 2.20. The Kier molecular flexibility index (Phi) is 5.27. The second-order valence-electron chi connectivity index (χ2n) is 6.18. The van der Waals surface area contributed by atoms with Gasteiger partial charge in [-0.25, -0.2) is 13.4 Å². The van der Waals surface area contributed by atoms with Gasteiger partial charge in [-0.15, -0.1) is 0 Å². The first-order chi connectivity index (χ1) is 11.6. The van der Waals surface area contributed by atoms with Crippen LogP contribution in [0.5, 0.6) is 0 Å². The minimum Gasteiger partial charge on any atom is -0.310 e. The third-order valence-corrected chi connectivity index (χ3v) is 6.20. The number of nitrogens with one attached hydrogen (secondary N) is 1. The van der Waals surface area contributed by atoms with E-state index in [9.17, 15) is 8.42 Å². The number of hydrogen-bond acceptors (Lipinski definition) is 5. The number of piperidine rings is 1. The summed E-state index contributed by atoms with van der Waals surface area (Å²) < 4.78 is 28.6. The van der Waals surface area contributed by atoms with Crippen LogP contribution < -0.4 is 5.32 Å². The number of aromatic nitrogens is 3. The van der Waals surface area contributed by atoms with Gasteiger partial charge in [-0.2, -0.15) is 9.40 Å². The standard InChI is InChI=1S/C16H23N5O2S/c1-14(11-20-13-17-12-18-20)19-15-7-9-21(10-8-15)24(22,23)16-5-3-2-4-6-16/h2-6,12-15,19H,7-11H2,1H3/t14-/m0/s1. The van der Waals surface area contributed by atoms with Crippen molar-refractivity contribution in [2.45, 2.75) is 43.3 Å². The van der Waals surface area contributed by atoms with Crippen molar-refractivity contribution in [1.82, 2.24) is 24.4 Å². The molecule has 1 N–H and O–H groups in total. The van der Waals surface area contributed by atoms with Gasteiger partial charge in [0.25, 0.3) is 0 Å². The maximum atomic E-state index is 12.6. The molecule has 0 bridgehead atoms. The molecular formula is C16H23N5O2S. The van der Waals surface area contributed by atoms with E-state index < -0.39 is 10.0 Å². The number of hydrogen-bond donors (Lipinski definition) is 1. The molecule has 0 radical (unpaired) electrons. The fraction of sp³-hybridized carbons (Fsp3) is 0.500. The molecule has 1 aromatic heterocycles. The molecule has 8 heteroatoms. The van der Waals surface area contributed by atoms with Crippen LogP contribution in [0.3, 0.4) is 0 Å². The quantitative estimate of drug-likeness (QED) is 0.845. The monoisotopic (exact) mass is 349 g/mol. The van der Waals surface area contributed by atoms with Gasteiger partial charge >= 0.3 is 0 Å². The summed E-state index contributed by atoms with van der Waals surface area (Å²) in [5.41, 5.74) is 0. The van der Waals surface area contributed by atoms with Gasteiger partial charge < -0.3 is 5.32 Å². The van der Waals surface area contributed by atoms with E-state index in [2.05, 4.69) is 22.3 Å². The lowest BCUT2D eigenvalue weighted by Gasteiger charge is -2.33. The van der Waals surface area contributed by atoms with E-state index in [0.29, 0.717) is 24.0 Å². The molecule has 3 rings (SSSR count). The first-order valence-corrected chi connectivity index (χ1v) is 9.63. The molecule has 1 aromatic carbocycles. The molecule has 7 nitrogen and oxygen atoms in total. The minimum absolute atomic E-state index is 0.258. The van der Waals surface area contributed by atoms with Crippen molar-refractivity contribution in [2.75, 3.05) is 13.1 Å². The lowest BCUT2D eigenvalue weighted by molar-refractivity contribution is 0.268. The zero-order chi connectivity index (χ0) is 17.0. The number of sulfonamides is 1. The molecule has 1 fully saturated rings. The SMILES string of the molecule is C[C@@H](Cn1cncn1)NC1CCN(S(=O)(=O)c2ccccc2)CC1. The lowest BCUT2D eigenvalue weighted by atomic mass is 10.1. The van der Waals surface area contributed by atoms with E-state index >= 15 is 0 Å². The zero-order valence-corrected chi connectivity index (χ0v) is 14.6. The summed E-state index contributed by atoms with van der Waals surface area (Å²) in [6, 6.07) is 9.23. The summed E-state index contributed by atoms with van der Waals surface area (Å²) in [6.07, 6.45) is 4.86. The summed E-state index contributed by atoms with van der Waals surface area (Å²) in [7, 11) is -3.37. The Balaban J connectivity index is 1.52. The average molecular weight is 349 g/mol. The molecule has 1 atom stereocenters. The predicted molar refractivity (Wildman–Crippen MR) is 90.8 cm³/mol. The normalized spacial score (nSPS) is 18.5. The summed E-state index contributed by atoms with van der Waals surface area (Å²) in [6.45, 7) is 3.95. The fourth-order valence-electron chi connectivity index (χ4n) is 3.07. The van der Waals surface area contributed by atoms with Crippen LogP contribution in [0, 0.1) is 0 Å². The molecule has 0 spiro atoms. The molecule has 1 aliphatic heterocycles. The van der Waals surface area contributed by atoms with Crippen molar-refractivity contribution >= 4 is 10.0 Å². The average Bonchev–Trinajstić information content (AvgIpc) is 3.09. The summed E-state index contributed by atoms with van der Waals surface area (Å²) in [5, 5.41) is 7.66. The Bertz CT molecular complexity index is 725. The Labute approximate surface area is 142 Å². The Morgan fingerprint density at radius 2 is 1.96 bits per heavy atom. The molecule has 0 saturated carbocycles. The Morgan fingerprint density at radius 1 is 1.25 bits per heavy atom. The number of rotatable bonds is 6. The molecule has 0 amide bonds. The van der Waals surface area contributed by atoms with Crippen molar-refractivity contribution in [1.29, 1.82) is 0 Å². The van der Waals surface area contributed by atoms with Crippen molar-refractivity contribution in [3.8, 4) is 0 Å². The molecule has 2 heterocycles. The van der Waals surface area contributed by atoms with Crippen molar-refractivity contribution < 1.29 is 8.42 Å². The molecule has 1 aliphatic rings. The van der Waals surface area contributed by atoms with Crippen LogP contribution in [-0.4, -0.2) is 52.7 Å². The molecule has 130 valence electrons. The van der Waals surface area contributed by atoms with Gasteiger partial charge in [-0.3, -0.25) is 4.68 Å². The second kappa shape index (κ2) is 7.42. The third kappa shape index (κ3) is 4.00. The Hall–Kier alpha value is -1.77. The zero-order valence-electron chi connectivity index (χ0n) is 13.7. The highest BCUT2D eigenvalue weighted by Gasteiger charge is 2.29. The summed E-state index contributed by atoms with van der Waals surface area (Å²) in [5.74, 6) is 0. The van der Waals surface area contributed by atoms with E-state index in [1.54, 1.807) is 39.6 Å². The maximum Gasteiger partial charge on any atom is 0.243 e. The van der Waals surface area contributed by atoms with Gasteiger partial charge in [-0.05, 0) is 31.9 Å². The topological polar surface area (TPSA) is 80.1 Å². The van der Waals surface area contributed by atoms with E-state index in [1.807, 2.05) is 6.07 Å². The van der Waals surface area contributed by atoms with E-state index in [-0.39, 0.29) is 6.04 Å². The van der Waals surface area contributed by atoms with Crippen LogP contribution in [-0.2, 0) is 16.6 Å². The van der Waals surface area contributed by atoms with Gasteiger partial charge in [-0.1, -0.05) is 18.2 Å². The minimum atomic E-state index is -3.37. The maximum absolute atomic E-state index is 12.6. The first kappa shape index (κ1) is 17.1. The predicted octanol–water partition coefficient (Wildman–Crippen LogP) is 1.11. The van der Waals surface area contributed by atoms with Gasteiger partial charge in [0.05, 0.1) is 11.4 Å². The highest BCUT2D eigenvalue weighted by molar-refractivity contribution is 7.89. The smallest absolute Gasteiger partial charge is 0.243 e. The molecule has 0 unspecified atom stereocenters. The van der Waals surface area contributed by atoms with E-state index in [4.69, 9.17) is 0 Å². The van der Waals surface area contributed by atoms with Crippen LogP contribution in [0.4, 0.5) is 0 Å². The molecule has 0 aliphatic carbocycles. The van der Waals surface area contributed by atoms with Crippen LogP contribution in [0.2, 0.25) is 0 Å². The number of nitrogens with zero attached hydrogens (tertiary/aromatic N) is 4. The number of benzene rings is 1. The van der Waals surface area contributed by atoms with Gasteiger partial charge in [0.1, 0.15) is 12.7 Å². The van der Waals surface area contributed by atoms with Crippen molar-refractivity contribution in [3.63, 3.8) is 0 Å². The van der Waals surface area contributed by atoms with E-state index in [0.717, 1.165) is 19.4 Å². The fourth-order valence-corrected chi connectivity index (χ4v) is 4.56. The van der Waals surface area contributed by atoms with Gasteiger partial charge in [0.2, 0.25) is 10.0 Å². The third-order valence-electron chi connectivity index (χ3n) is 4.28. The van der Waals surface area contributed by atoms with Crippen LogP contribution in [0.15, 0.2) is 47.9 Å². The van der Waals surface area contributed by atoms with Crippen LogP contribution >= 0.6 is 0 Å². The molecule has 24 heavy (non-hydrogen) atoms. The van der Waals surface area contributed by atoms with Gasteiger partial charge in [0, 0.05) is 25.2 Å². The summed E-state index contributed by atoms with van der Waals surface area (Å²) in [4.78, 5) is 4.31. The summed E-state index contributed by atoms with van der Waals surface area (Å²) >= 11 is 0.